The second kappa shape index (κ2) is 8.34. The number of nitrogens with one attached hydrogen (secondary N) is 3. The molecule has 0 saturated carbocycles. The van der Waals surface area contributed by atoms with Crippen LogP contribution in [0.1, 0.15) is 49.5 Å². The molecule has 2 atom stereocenters. The topological polar surface area (TPSA) is 53.2 Å². The smallest absolute Gasteiger partial charge is 0.251 e. The molecule has 4 nitrogen and oxygen atoms in total. The zero-order chi connectivity index (χ0) is 16.8. The average molecular weight is 317 g/mol. The summed E-state index contributed by atoms with van der Waals surface area (Å²) in [6.07, 6.45) is 2.39. The molecule has 23 heavy (non-hydrogen) atoms. The largest absolute Gasteiger partial charge is 0.382 e. The SMILES string of the molecule is Cc1c(NC(C)C(C)C)cccc1C(=O)NCC1CCCNC1. The highest BCUT2D eigenvalue weighted by molar-refractivity contribution is 5.97. The molecule has 0 aliphatic carbocycles. The van der Waals surface area contributed by atoms with Gasteiger partial charge < -0.3 is 16.0 Å². The minimum Gasteiger partial charge on any atom is -0.382 e. The van der Waals surface area contributed by atoms with Crippen LogP contribution in [0.3, 0.4) is 0 Å². The van der Waals surface area contributed by atoms with Crippen molar-refractivity contribution in [3.8, 4) is 0 Å². The predicted octanol–water partition coefficient (Wildman–Crippen LogP) is 3.18. The number of anilines is 1. The van der Waals surface area contributed by atoms with Crippen molar-refractivity contribution in [1.29, 1.82) is 0 Å². The molecule has 1 amide bonds. The van der Waals surface area contributed by atoms with Crippen LogP contribution in [0.5, 0.6) is 0 Å². The molecule has 0 aromatic heterocycles. The Bertz CT molecular complexity index is 521. The lowest BCUT2D eigenvalue weighted by Crippen LogP contribution is -2.38. The molecule has 0 spiro atoms. The molecule has 0 radical (unpaired) electrons. The highest BCUT2D eigenvalue weighted by Crippen LogP contribution is 2.21. The quantitative estimate of drug-likeness (QED) is 0.755. The Morgan fingerprint density at radius 3 is 2.78 bits per heavy atom. The summed E-state index contributed by atoms with van der Waals surface area (Å²) < 4.78 is 0. The fourth-order valence-corrected chi connectivity index (χ4v) is 2.88. The van der Waals surface area contributed by atoms with Crippen molar-refractivity contribution < 1.29 is 4.79 Å². The number of carbonyl (C=O) groups excluding carboxylic acids is 1. The van der Waals surface area contributed by atoms with E-state index in [9.17, 15) is 4.79 Å². The number of rotatable bonds is 6. The van der Waals surface area contributed by atoms with Gasteiger partial charge in [-0.15, -0.1) is 0 Å². The third kappa shape index (κ3) is 4.96. The fourth-order valence-electron chi connectivity index (χ4n) is 2.88. The molecular weight excluding hydrogens is 286 g/mol. The van der Waals surface area contributed by atoms with E-state index in [1.165, 1.54) is 12.8 Å². The van der Waals surface area contributed by atoms with Crippen LogP contribution in [0.2, 0.25) is 0 Å². The van der Waals surface area contributed by atoms with Gasteiger partial charge in [-0.05, 0) is 69.3 Å². The van der Waals surface area contributed by atoms with Crippen molar-refractivity contribution in [1.82, 2.24) is 10.6 Å². The Balaban J connectivity index is 1.99. The average Bonchev–Trinajstić information content (AvgIpc) is 2.55. The van der Waals surface area contributed by atoms with Gasteiger partial charge in [0.2, 0.25) is 0 Å². The first-order valence-corrected chi connectivity index (χ1v) is 8.84. The van der Waals surface area contributed by atoms with E-state index in [0.717, 1.165) is 36.4 Å². The third-order valence-electron chi connectivity index (χ3n) is 4.91. The van der Waals surface area contributed by atoms with E-state index in [1.54, 1.807) is 0 Å². The normalized spacial score (nSPS) is 19.4. The van der Waals surface area contributed by atoms with E-state index in [0.29, 0.717) is 17.9 Å². The van der Waals surface area contributed by atoms with Gasteiger partial charge >= 0.3 is 0 Å². The van der Waals surface area contributed by atoms with Gasteiger partial charge in [-0.1, -0.05) is 19.9 Å². The van der Waals surface area contributed by atoms with Crippen LogP contribution >= 0.6 is 0 Å². The van der Waals surface area contributed by atoms with E-state index in [1.807, 2.05) is 19.1 Å². The number of amides is 1. The Hall–Kier alpha value is -1.55. The van der Waals surface area contributed by atoms with Crippen LogP contribution in [-0.2, 0) is 0 Å². The summed E-state index contributed by atoms with van der Waals surface area (Å²) in [5.41, 5.74) is 2.85. The maximum absolute atomic E-state index is 12.5. The summed E-state index contributed by atoms with van der Waals surface area (Å²) in [6.45, 7) is 11.5. The molecule has 1 aromatic rings. The minimum absolute atomic E-state index is 0.0360. The molecule has 1 aromatic carbocycles. The van der Waals surface area contributed by atoms with E-state index in [-0.39, 0.29) is 5.91 Å². The Morgan fingerprint density at radius 2 is 2.13 bits per heavy atom. The van der Waals surface area contributed by atoms with Crippen LogP contribution in [0.25, 0.3) is 0 Å². The van der Waals surface area contributed by atoms with E-state index in [2.05, 4.69) is 42.8 Å². The Labute approximate surface area is 140 Å². The van der Waals surface area contributed by atoms with Crippen molar-refractivity contribution in [2.75, 3.05) is 25.0 Å². The van der Waals surface area contributed by atoms with Crippen LogP contribution in [0, 0.1) is 18.8 Å². The van der Waals surface area contributed by atoms with Gasteiger partial charge in [-0.3, -0.25) is 4.79 Å². The molecule has 1 saturated heterocycles. The predicted molar refractivity (Wildman–Crippen MR) is 97.0 cm³/mol. The van der Waals surface area contributed by atoms with Crippen molar-refractivity contribution in [3.05, 3.63) is 29.3 Å². The van der Waals surface area contributed by atoms with Gasteiger partial charge in [0.25, 0.3) is 5.91 Å². The number of benzene rings is 1. The van der Waals surface area contributed by atoms with Gasteiger partial charge in [0, 0.05) is 23.8 Å². The maximum atomic E-state index is 12.5. The maximum Gasteiger partial charge on any atom is 0.251 e. The van der Waals surface area contributed by atoms with E-state index < -0.39 is 0 Å². The second-order valence-electron chi connectivity index (χ2n) is 7.08. The Kier molecular flexibility index (Phi) is 6.46. The molecule has 1 aliphatic heterocycles. The summed E-state index contributed by atoms with van der Waals surface area (Å²) >= 11 is 0. The van der Waals surface area contributed by atoms with Gasteiger partial charge in [0.15, 0.2) is 0 Å². The van der Waals surface area contributed by atoms with Crippen LogP contribution < -0.4 is 16.0 Å². The first-order chi connectivity index (χ1) is 11.0. The Morgan fingerprint density at radius 1 is 1.35 bits per heavy atom. The lowest BCUT2D eigenvalue weighted by atomic mass is 9.99. The molecule has 2 unspecified atom stereocenters. The highest BCUT2D eigenvalue weighted by Gasteiger charge is 2.17. The second-order valence-corrected chi connectivity index (χ2v) is 7.08. The highest BCUT2D eigenvalue weighted by atomic mass is 16.1. The molecule has 128 valence electrons. The first-order valence-electron chi connectivity index (χ1n) is 8.84. The molecule has 1 heterocycles. The minimum atomic E-state index is 0.0360. The van der Waals surface area contributed by atoms with E-state index in [4.69, 9.17) is 0 Å². The number of piperidine rings is 1. The summed E-state index contributed by atoms with van der Waals surface area (Å²) in [4.78, 5) is 12.5. The van der Waals surface area contributed by atoms with Crippen LogP contribution in [0.15, 0.2) is 18.2 Å². The fraction of sp³-hybridized carbons (Fsp3) is 0.632. The lowest BCUT2D eigenvalue weighted by Gasteiger charge is -2.23. The van der Waals surface area contributed by atoms with Crippen molar-refractivity contribution in [2.45, 2.75) is 46.6 Å². The van der Waals surface area contributed by atoms with Gasteiger partial charge in [0.1, 0.15) is 0 Å². The number of carbonyl (C=O) groups is 1. The molecule has 2 rings (SSSR count). The molecule has 3 N–H and O–H groups in total. The molecule has 1 aliphatic rings. The molecule has 4 heteroatoms. The number of hydrogen-bond acceptors (Lipinski definition) is 3. The molecule has 1 fully saturated rings. The summed E-state index contributed by atoms with van der Waals surface area (Å²) in [6, 6.07) is 6.30. The molecular formula is C19H31N3O. The van der Waals surface area contributed by atoms with Gasteiger partial charge in [0.05, 0.1) is 0 Å². The zero-order valence-electron chi connectivity index (χ0n) is 14.9. The summed E-state index contributed by atoms with van der Waals surface area (Å²) in [5.74, 6) is 1.13. The standard InChI is InChI=1S/C19H31N3O/c1-13(2)15(4)22-18-9-5-8-17(14(18)3)19(23)21-12-16-7-6-10-20-11-16/h5,8-9,13,15-16,20,22H,6-7,10-12H2,1-4H3,(H,21,23). The van der Waals surface area contributed by atoms with E-state index >= 15 is 0 Å². The van der Waals surface area contributed by atoms with Gasteiger partial charge in [-0.25, -0.2) is 0 Å². The summed E-state index contributed by atoms with van der Waals surface area (Å²) in [7, 11) is 0. The van der Waals surface area contributed by atoms with Crippen LogP contribution in [-0.4, -0.2) is 31.6 Å². The zero-order valence-corrected chi connectivity index (χ0v) is 14.9. The first kappa shape index (κ1) is 17.8. The third-order valence-corrected chi connectivity index (χ3v) is 4.91. The molecule has 0 bridgehead atoms. The van der Waals surface area contributed by atoms with Crippen molar-refractivity contribution in [2.24, 2.45) is 11.8 Å². The summed E-state index contributed by atoms with van der Waals surface area (Å²) in [5, 5.41) is 10.0. The van der Waals surface area contributed by atoms with Crippen molar-refractivity contribution in [3.63, 3.8) is 0 Å². The monoisotopic (exact) mass is 317 g/mol. The van der Waals surface area contributed by atoms with Crippen molar-refractivity contribution >= 4 is 11.6 Å². The van der Waals surface area contributed by atoms with Crippen LogP contribution in [0.4, 0.5) is 5.69 Å². The number of hydrogen-bond donors (Lipinski definition) is 3. The lowest BCUT2D eigenvalue weighted by molar-refractivity contribution is 0.0944. The van der Waals surface area contributed by atoms with Gasteiger partial charge in [-0.2, -0.15) is 0 Å².